The van der Waals surface area contributed by atoms with Crippen molar-refractivity contribution in [1.82, 2.24) is 4.90 Å². The van der Waals surface area contributed by atoms with Crippen LogP contribution in [0.5, 0.6) is 0 Å². The fourth-order valence-corrected chi connectivity index (χ4v) is 2.94. The van der Waals surface area contributed by atoms with Crippen LogP contribution in [-0.2, 0) is 9.53 Å². The monoisotopic (exact) mass is 225 g/mol. The van der Waals surface area contributed by atoms with Crippen LogP contribution in [0.4, 0.5) is 0 Å². The number of carbonyl (C=O) groups excluding carboxylic acids is 1. The Bertz CT molecular complexity index is 267. The number of likely N-dealkylation sites (tertiary alicyclic amines) is 1. The molecule has 0 aromatic rings. The minimum Gasteiger partial charge on any atom is -0.462 e. The van der Waals surface area contributed by atoms with Crippen LogP contribution in [0.1, 0.15) is 46.5 Å². The summed E-state index contributed by atoms with van der Waals surface area (Å²) in [4.78, 5) is 14.4. The fourth-order valence-electron chi connectivity index (χ4n) is 2.94. The summed E-state index contributed by atoms with van der Waals surface area (Å²) in [6.07, 6.45) is 4.06. The van der Waals surface area contributed by atoms with Crippen molar-refractivity contribution in [1.29, 1.82) is 0 Å². The van der Waals surface area contributed by atoms with Gasteiger partial charge in [-0.1, -0.05) is 6.92 Å². The smallest absolute Gasteiger partial charge is 0.312 e. The predicted molar refractivity (Wildman–Crippen MR) is 63.2 cm³/mol. The van der Waals surface area contributed by atoms with E-state index in [0.29, 0.717) is 6.04 Å². The van der Waals surface area contributed by atoms with Gasteiger partial charge in [-0.25, -0.2) is 0 Å². The van der Waals surface area contributed by atoms with Crippen LogP contribution >= 0.6 is 0 Å². The van der Waals surface area contributed by atoms with E-state index in [4.69, 9.17) is 4.74 Å². The van der Waals surface area contributed by atoms with Gasteiger partial charge in [0.05, 0.1) is 5.41 Å². The van der Waals surface area contributed by atoms with Crippen molar-refractivity contribution >= 4 is 5.97 Å². The molecular weight excluding hydrogens is 202 g/mol. The average Bonchev–Trinajstić information content (AvgIpc) is 2.57. The first-order chi connectivity index (χ1) is 7.57. The highest BCUT2D eigenvalue weighted by Crippen LogP contribution is 2.43. The molecule has 0 radical (unpaired) electrons. The Labute approximate surface area is 98.1 Å². The third kappa shape index (κ3) is 1.97. The van der Waals surface area contributed by atoms with E-state index in [9.17, 15) is 4.79 Å². The van der Waals surface area contributed by atoms with Crippen LogP contribution in [0.3, 0.4) is 0 Å². The Balaban J connectivity index is 1.99. The highest BCUT2D eigenvalue weighted by Gasteiger charge is 2.49. The third-order valence-electron chi connectivity index (χ3n) is 4.27. The molecule has 0 N–H and O–H groups in total. The van der Waals surface area contributed by atoms with Crippen LogP contribution < -0.4 is 0 Å². The quantitative estimate of drug-likeness (QED) is 0.675. The zero-order valence-corrected chi connectivity index (χ0v) is 10.7. The van der Waals surface area contributed by atoms with Gasteiger partial charge in [-0.2, -0.15) is 0 Å². The number of rotatable bonds is 2. The van der Waals surface area contributed by atoms with Gasteiger partial charge in [0.15, 0.2) is 0 Å². The van der Waals surface area contributed by atoms with Crippen molar-refractivity contribution in [3.8, 4) is 0 Å². The largest absolute Gasteiger partial charge is 0.462 e. The number of hydrogen-bond donors (Lipinski definition) is 0. The average molecular weight is 225 g/mol. The molecule has 2 aliphatic rings. The first-order valence-corrected chi connectivity index (χ1v) is 6.52. The highest BCUT2D eigenvalue weighted by atomic mass is 16.6. The summed E-state index contributed by atoms with van der Waals surface area (Å²) >= 11 is 0. The minimum atomic E-state index is -0.133. The van der Waals surface area contributed by atoms with Gasteiger partial charge in [0.25, 0.3) is 0 Å². The van der Waals surface area contributed by atoms with Gasteiger partial charge >= 0.3 is 5.97 Å². The highest BCUT2D eigenvalue weighted by molar-refractivity contribution is 5.79. The van der Waals surface area contributed by atoms with Crippen LogP contribution in [0, 0.1) is 5.41 Å². The molecule has 92 valence electrons. The number of cyclic esters (lactones) is 1. The number of carbonyl (C=O) groups is 1. The Morgan fingerprint density at radius 2 is 2.06 bits per heavy atom. The van der Waals surface area contributed by atoms with Crippen LogP contribution in [0.15, 0.2) is 0 Å². The first kappa shape index (κ1) is 11.9. The van der Waals surface area contributed by atoms with E-state index in [0.717, 1.165) is 38.8 Å². The molecule has 1 unspecified atom stereocenters. The van der Waals surface area contributed by atoms with Crippen LogP contribution in [0.25, 0.3) is 0 Å². The Hall–Kier alpha value is -0.570. The summed E-state index contributed by atoms with van der Waals surface area (Å²) in [6, 6.07) is 0.594. The number of esters is 1. The molecule has 2 saturated heterocycles. The van der Waals surface area contributed by atoms with E-state index < -0.39 is 0 Å². The molecule has 0 amide bonds. The molecular formula is C13H23NO2. The van der Waals surface area contributed by atoms with E-state index in [1.54, 1.807) is 0 Å². The molecule has 0 aliphatic carbocycles. The van der Waals surface area contributed by atoms with Crippen LogP contribution in [-0.4, -0.2) is 36.1 Å². The summed E-state index contributed by atoms with van der Waals surface area (Å²) < 4.78 is 5.44. The maximum Gasteiger partial charge on any atom is 0.312 e. The van der Waals surface area contributed by atoms with Crippen molar-refractivity contribution in [2.24, 2.45) is 5.41 Å². The van der Waals surface area contributed by atoms with Crippen molar-refractivity contribution in [2.75, 3.05) is 13.1 Å². The molecule has 3 nitrogen and oxygen atoms in total. The maximum atomic E-state index is 12.0. The van der Waals surface area contributed by atoms with Crippen molar-refractivity contribution in [3.05, 3.63) is 0 Å². The lowest BCUT2D eigenvalue weighted by atomic mass is 9.75. The zero-order chi connectivity index (χ0) is 11.8. The van der Waals surface area contributed by atoms with Crippen molar-refractivity contribution in [3.63, 3.8) is 0 Å². The minimum absolute atomic E-state index is 0.0720. The third-order valence-corrected chi connectivity index (χ3v) is 4.27. The van der Waals surface area contributed by atoms with Gasteiger partial charge in [0, 0.05) is 12.5 Å². The van der Waals surface area contributed by atoms with Gasteiger partial charge < -0.3 is 9.64 Å². The molecule has 0 aromatic heterocycles. The number of piperidine rings is 1. The Morgan fingerprint density at radius 1 is 1.44 bits per heavy atom. The normalized spacial score (nSPS) is 30.0. The topological polar surface area (TPSA) is 29.5 Å². The molecule has 16 heavy (non-hydrogen) atoms. The molecule has 2 fully saturated rings. The number of hydrogen-bond acceptors (Lipinski definition) is 3. The van der Waals surface area contributed by atoms with E-state index in [1.165, 1.54) is 0 Å². The molecule has 2 rings (SSSR count). The van der Waals surface area contributed by atoms with E-state index in [-0.39, 0.29) is 17.5 Å². The van der Waals surface area contributed by atoms with Gasteiger partial charge in [0.2, 0.25) is 0 Å². The molecule has 0 bridgehead atoms. The second kappa shape index (κ2) is 4.36. The molecule has 2 aliphatic heterocycles. The SMILES string of the molecule is CCC1CC2(CCN(C(C)C)CC2)C(=O)O1. The van der Waals surface area contributed by atoms with E-state index in [1.807, 2.05) is 0 Å². The van der Waals surface area contributed by atoms with Gasteiger partial charge in [-0.3, -0.25) is 4.79 Å². The summed E-state index contributed by atoms with van der Waals surface area (Å²) in [5, 5.41) is 0. The summed E-state index contributed by atoms with van der Waals surface area (Å²) in [7, 11) is 0. The lowest BCUT2D eigenvalue weighted by molar-refractivity contribution is -0.151. The second-order valence-electron chi connectivity index (χ2n) is 5.55. The maximum absolute atomic E-state index is 12.0. The zero-order valence-electron chi connectivity index (χ0n) is 10.7. The number of ether oxygens (including phenoxy) is 1. The van der Waals surface area contributed by atoms with Gasteiger partial charge in [-0.15, -0.1) is 0 Å². The summed E-state index contributed by atoms with van der Waals surface area (Å²) in [5.41, 5.74) is -0.133. The van der Waals surface area contributed by atoms with Crippen LogP contribution in [0.2, 0.25) is 0 Å². The van der Waals surface area contributed by atoms with E-state index >= 15 is 0 Å². The molecule has 3 heteroatoms. The fraction of sp³-hybridized carbons (Fsp3) is 0.923. The lowest BCUT2D eigenvalue weighted by Gasteiger charge is -2.38. The summed E-state index contributed by atoms with van der Waals surface area (Å²) in [6.45, 7) is 8.63. The first-order valence-electron chi connectivity index (χ1n) is 6.52. The molecule has 1 atom stereocenters. The standard InChI is InChI=1S/C13H23NO2/c1-4-11-9-13(12(15)16-11)5-7-14(8-6-13)10(2)3/h10-11H,4-9H2,1-3H3. The molecule has 0 aromatic carbocycles. The lowest BCUT2D eigenvalue weighted by Crippen LogP contribution is -2.45. The van der Waals surface area contributed by atoms with Crippen molar-refractivity contribution in [2.45, 2.75) is 58.6 Å². The van der Waals surface area contributed by atoms with Gasteiger partial charge in [-0.05, 0) is 46.2 Å². The van der Waals surface area contributed by atoms with E-state index in [2.05, 4.69) is 25.7 Å². The molecule has 2 heterocycles. The summed E-state index contributed by atoms with van der Waals surface area (Å²) in [5.74, 6) is 0.0720. The molecule has 1 spiro atoms. The predicted octanol–water partition coefficient (Wildman–Crippen LogP) is 2.20. The van der Waals surface area contributed by atoms with Gasteiger partial charge in [0.1, 0.15) is 6.10 Å². The molecule has 0 saturated carbocycles. The second-order valence-corrected chi connectivity index (χ2v) is 5.55. The Morgan fingerprint density at radius 3 is 2.50 bits per heavy atom. The van der Waals surface area contributed by atoms with Crippen molar-refractivity contribution < 1.29 is 9.53 Å². The Kier molecular flexibility index (Phi) is 3.24. The number of nitrogens with zero attached hydrogens (tertiary/aromatic N) is 1.